The van der Waals surface area contributed by atoms with Crippen molar-refractivity contribution in [3.63, 3.8) is 0 Å². The second kappa shape index (κ2) is 7.00. The van der Waals surface area contributed by atoms with E-state index in [1.54, 1.807) is 5.57 Å². The van der Waals surface area contributed by atoms with Gasteiger partial charge >= 0.3 is 0 Å². The van der Waals surface area contributed by atoms with Gasteiger partial charge in [0.25, 0.3) is 0 Å². The van der Waals surface area contributed by atoms with Crippen molar-refractivity contribution in [1.82, 2.24) is 0 Å². The predicted molar refractivity (Wildman–Crippen MR) is 75.2 cm³/mol. The molecule has 0 saturated carbocycles. The maximum Gasteiger partial charge on any atom is 0.0598 e. The molecule has 0 unspecified atom stereocenters. The van der Waals surface area contributed by atoms with Gasteiger partial charge in [-0.3, -0.25) is 0 Å². The Hall–Kier alpha value is -0.560. The molecule has 0 fully saturated rings. The molecule has 0 aromatic heterocycles. The summed E-state index contributed by atoms with van der Waals surface area (Å²) in [6.45, 7) is 9.48. The van der Waals surface area contributed by atoms with Crippen LogP contribution in [0, 0.1) is 0 Å². The lowest BCUT2D eigenvalue weighted by Crippen LogP contribution is -2.19. The van der Waals surface area contributed by atoms with E-state index in [1.807, 2.05) is 0 Å². The molecule has 0 bridgehead atoms. The highest BCUT2D eigenvalue weighted by Crippen LogP contribution is 2.21. The van der Waals surface area contributed by atoms with Crippen LogP contribution in [0.1, 0.15) is 66.2 Å². The van der Waals surface area contributed by atoms with Gasteiger partial charge in [-0.2, -0.15) is 0 Å². The summed E-state index contributed by atoms with van der Waals surface area (Å²) in [6, 6.07) is 0. The molecular formula is C16H28O. The van der Waals surface area contributed by atoms with Crippen molar-refractivity contribution in [1.29, 1.82) is 0 Å². The zero-order chi connectivity index (χ0) is 12.7. The highest BCUT2D eigenvalue weighted by Gasteiger charge is 2.08. The molecule has 1 heteroatoms. The largest absolute Gasteiger partial charge is 0.376 e. The molecule has 17 heavy (non-hydrogen) atoms. The number of allylic oxidation sites excluding steroid dienone is 4. The Labute approximate surface area is 107 Å². The van der Waals surface area contributed by atoms with E-state index >= 15 is 0 Å². The minimum atomic E-state index is 0.0248. The topological polar surface area (TPSA) is 9.23 Å². The molecule has 1 aliphatic rings. The summed E-state index contributed by atoms with van der Waals surface area (Å²) < 4.78 is 5.70. The van der Waals surface area contributed by atoms with Gasteiger partial charge in [0.05, 0.1) is 5.60 Å². The molecular weight excluding hydrogens is 208 g/mol. The first-order valence-corrected chi connectivity index (χ1v) is 6.97. The van der Waals surface area contributed by atoms with Crippen LogP contribution in [0.15, 0.2) is 23.3 Å². The predicted octanol–water partition coefficient (Wildman–Crippen LogP) is 5.03. The Morgan fingerprint density at radius 1 is 1.12 bits per heavy atom. The van der Waals surface area contributed by atoms with Crippen LogP contribution in [0.4, 0.5) is 0 Å². The van der Waals surface area contributed by atoms with Gasteiger partial charge in [0.2, 0.25) is 0 Å². The number of unbranched alkanes of at least 4 members (excludes halogenated alkanes) is 3. The summed E-state index contributed by atoms with van der Waals surface area (Å²) in [4.78, 5) is 0. The Morgan fingerprint density at radius 2 is 1.82 bits per heavy atom. The summed E-state index contributed by atoms with van der Waals surface area (Å²) in [7, 11) is 0. The van der Waals surface area contributed by atoms with Gasteiger partial charge in [-0.25, -0.2) is 0 Å². The van der Waals surface area contributed by atoms with Crippen LogP contribution in [-0.4, -0.2) is 12.2 Å². The van der Waals surface area contributed by atoms with Gasteiger partial charge in [0.1, 0.15) is 0 Å². The van der Waals surface area contributed by atoms with Crippen LogP contribution in [0.5, 0.6) is 0 Å². The van der Waals surface area contributed by atoms with Crippen LogP contribution in [0.2, 0.25) is 0 Å². The molecule has 0 aromatic carbocycles. The van der Waals surface area contributed by atoms with Crippen molar-refractivity contribution >= 4 is 0 Å². The summed E-state index contributed by atoms with van der Waals surface area (Å²) in [5.41, 5.74) is 3.09. The van der Waals surface area contributed by atoms with E-state index in [0.717, 1.165) is 6.61 Å². The van der Waals surface area contributed by atoms with Crippen LogP contribution in [0.25, 0.3) is 0 Å². The van der Waals surface area contributed by atoms with Crippen LogP contribution < -0.4 is 0 Å². The van der Waals surface area contributed by atoms with Gasteiger partial charge in [-0.05, 0) is 53.4 Å². The molecule has 1 rings (SSSR count). The van der Waals surface area contributed by atoms with Gasteiger partial charge in [-0.15, -0.1) is 0 Å². The van der Waals surface area contributed by atoms with Crippen LogP contribution in [-0.2, 0) is 4.74 Å². The Balaban J connectivity index is 1.92. The average molecular weight is 236 g/mol. The molecule has 0 radical (unpaired) electrons. The Bertz CT molecular complexity index is 278. The summed E-state index contributed by atoms with van der Waals surface area (Å²) in [5.74, 6) is 0. The van der Waals surface area contributed by atoms with Gasteiger partial charge in [0.15, 0.2) is 0 Å². The fourth-order valence-electron chi connectivity index (χ4n) is 2.06. The lowest BCUT2D eigenvalue weighted by Gasteiger charge is -2.19. The zero-order valence-electron chi connectivity index (χ0n) is 12.0. The highest BCUT2D eigenvalue weighted by atomic mass is 16.5. The standard InChI is InChI=1S/C16H28O/c1-14-10-11-15(13-14)9-7-5-6-8-12-17-16(2,3)4/h11,13H,5-10,12H2,1-4H3. The van der Waals surface area contributed by atoms with Gasteiger partial charge in [0, 0.05) is 6.61 Å². The molecule has 0 spiro atoms. The molecule has 0 aromatic rings. The molecule has 0 saturated heterocycles. The third kappa shape index (κ3) is 7.38. The third-order valence-corrected chi connectivity index (χ3v) is 3.01. The molecule has 1 aliphatic carbocycles. The Morgan fingerprint density at radius 3 is 2.41 bits per heavy atom. The maximum atomic E-state index is 5.70. The lowest BCUT2D eigenvalue weighted by atomic mass is 10.1. The van der Waals surface area contributed by atoms with E-state index in [-0.39, 0.29) is 5.60 Å². The van der Waals surface area contributed by atoms with Crippen molar-refractivity contribution in [3.8, 4) is 0 Å². The van der Waals surface area contributed by atoms with Gasteiger partial charge < -0.3 is 4.74 Å². The van der Waals surface area contributed by atoms with E-state index in [1.165, 1.54) is 44.1 Å². The second-order valence-electron chi connectivity index (χ2n) is 6.10. The second-order valence-corrected chi connectivity index (χ2v) is 6.10. The number of rotatable bonds is 7. The molecule has 0 amide bonds. The van der Waals surface area contributed by atoms with E-state index in [9.17, 15) is 0 Å². The van der Waals surface area contributed by atoms with E-state index in [2.05, 4.69) is 39.8 Å². The third-order valence-electron chi connectivity index (χ3n) is 3.01. The van der Waals surface area contributed by atoms with E-state index in [4.69, 9.17) is 4.74 Å². The highest BCUT2D eigenvalue weighted by molar-refractivity contribution is 5.31. The zero-order valence-corrected chi connectivity index (χ0v) is 12.0. The molecule has 98 valence electrons. The van der Waals surface area contributed by atoms with Crippen molar-refractivity contribution in [2.75, 3.05) is 6.61 Å². The molecule has 0 N–H and O–H groups in total. The number of ether oxygens (including phenoxy) is 1. The fourth-order valence-corrected chi connectivity index (χ4v) is 2.06. The average Bonchev–Trinajstić information content (AvgIpc) is 2.61. The number of hydrogen-bond donors (Lipinski definition) is 0. The quantitative estimate of drug-likeness (QED) is 0.563. The first-order valence-electron chi connectivity index (χ1n) is 6.97. The van der Waals surface area contributed by atoms with Crippen LogP contribution in [0.3, 0.4) is 0 Å². The van der Waals surface area contributed by atoms with E-state index in [0.29, 0.717) is 0 Å². The Kier molecular flexibility index (Phi) is 5.97. The van der Waals surface area contributed by atoms with E-state index < -0.39 is 0 Å². The first-order chi connectivity index (χ1) is 7.97. The van der Waals surface area contributed by atoms with Crippen LogP contribution >= 0.6 is 0 Å². The number of hydrogen-bond acceptors (Lipinski definition) is 1. The summed E-state index contributed by atoms with van der Waals surface area (Å²) in [6.07, 6.45) is 12.3. The lowest BCUT2D eigenvalue weighted by molar-refractivity contribution is -0.00473. The van der Waals surface area contributed by atoms with Crippen molar-refractivity contribution in [2.24, 2.45) is 0 Å². The minimum Gasteiger partial charge on any atom is -0.376 e. The van der Waals surface area contributed by atoms with Crippen molar-refractivity contribution in [2.45, 2.75) is 71.8 Å². The SMILES string of the molecule is CC1=CC(CCCCCCOC(C)(C)C)=CC1. The first kappa shape index (κ1) is 14.5. The fraction of sp³-hybridized carbons (Fsp3) is 0.750. The summed E-state index contributed by atoms with van der Waals surface area (Å²) in [5, 5.41) is 0. The normalized spacial score (nSPS) is 16.0. The van der Waals surface area contributed by atoms with Crippen molar-refractivity contribution in [3.05, 3.63) is 23.3 Å². The van der Waals surface area contributed by atoms with Gasteiger partial charge in [-0.1, -0.05) is 36.1 Å². The smallest absolute Gasteiger partial charge is 0.0598 e. The molecule has 1 nitrogen and oxygen atoms in total. The molecule has 0 atom stereocenters. The van der Waals surface area contributed by atoms with Crippen molar-refractivity contribution < 1.29 is 4.74 Å². The maximum absolute atomic E-state index is 5.70. The monoisotopic (exact) mass is 236 g/mol. The molecule has 0 aliphatic heterocycles. The summed E-state index contributed by atoms with van der Waals surface area (Å²) >= 11 is 0. The minimum absolute atomic E-state index is 0.0248. The molecule has 0 heterocycles.